The molecule has 23 heavy (non-hydrogen) atoms. The smallest absolute Gasteiger partial charge is 0.318 e. The molecule has 1 saturated carbocycles. The predicted octanol–water partition coefficient (Wildman–Crippen LogP) is 2.59. The lowest BCUT2D eigenvalue weighted by Crippen LogP contribution is -2.47. The highest BCUT2D eigenvalue weighted by atomic mass is 16.2. The van der Waals surface area contributed by atoms with Gasteiger partial charge in [-0.2, -0.15) is 0 Å². The van der Waals surface area contributed by atoms with E-state index in [0.717, 1.165) is 18.4 Å². The highest BCUT2D eigenvalue weighted by Crippen LogP contribution is 2.26. The maximum absolute atomic E-state index is 12.8. The molecule has 0 radical (unpaired) electrons. The molecule has 1 heterocycles. The van der Waals surface area contributed by atoms with Crippen molar-refractivity contribution in [2.75, 3.05) is 13.1 Å². The first kappa shape index (κ1) is 15.8. The lowest BCUT2D eigenvalue weighted by molar-refractivity contribution is -0.121. The first-order valence-electron chi connectivity index (χ1n) is 8.63. The van der Waals surface area contributed by atoms with E-state index in [4.69, 9.17) is 0 Å². The third-order valence-corrected chi connectivity index (χ3v) is 4.81. The van der Waals surface area contributed by atoms with Crippen LogP contribution in [0.5, 0.6) is 0 Å². The van der Waals surface area contributed by atoms with Gasteiger partial charge >= 0.3 is 6.03 Å². The number of carbonyl (C=O) groups is 2. The topological polar surface area (TPSA) is 61.4 Å². The maximum atomic E-state index is 12.8. The fourth-order valence-electron chi connectivity index (χ4n) is 3.55. The van der Waals surface area contributed by atoms with E-state index >= 15 is 0 Å². The molecule has 1 atom stereocenters. The average molecular weight is 315 g/mol. The Morgan fingerprint density at radius 2 is 1.87 bits per heavy atom. The Morgan fingerprint density at radius 1 is 1.13 bits per heavy atom. The molecule has 1 aromatic rings. The van der Waals surface area contributed by atoms with Crippen LogP contribution in [0.1, 0.15) is 50.1 Å². The average Bonchev–Trinajstić information content (AvgIpc) is 2.78. The van der Waals surface area contributed by atoms with Crippen LogP contribution >= 0.6 is 0 Å². The molecule has 0 unspecified atom stereocenters. The monoisotopic (exact) mass is 315 g/mol. The number of urea groups is 1. The number of hydrogen-bond donors (Lipinski definition) is 2. The van der Waals surface area contributed by atoms with Crippen molar-refractivity contribution in [1.82, 2.24) is 15.5 Å². The Bertz CT molecular complexity index is 540. The van der Waals surface area contributed by atoms with Gasteiger partial charge in [0.25, 0.3) is 0 Å². The molecule has 1 aromatic carbocycles. The van der Waals surface area contributed by atoms with Gasteiger partial charge in [0.05, 0.1) is 12.5 Å². The van der Waals surface area contributed by atoms with E-state index in [9.17, 15) is 9.59 Å². The minimum atomic E-state index is -0.192. The minimum absolute atomic E-state index is 0.00631. The number of benzene rings is 1. The van der Waals surface area contributed by atoms with Crippen LogP contribution in [0.25, 0.3) is 0 Å². The molecule has 1 aliphatic carbocycles. The van der Waals surface area contributed by atoms with Gasteiger partial charge < -0.3 is 15.5 Å². The minimum Gasteiger partial charge on any atom is -0.354 e. The molecule has 0 bridgehead atoms. The Kier molecular flexibility index (Phi) is 5.16. The second-order valence-electron chi connectivity index (χ2n) is 6.46. The highest BCUT2D eigenvalue weighted by Gasteiger charge is 2.30. The van der Waals surface area contributed by atoms with Crippen LogP contribution in [0, 0.1) is 0 Å². The molecule has 2 N–H and O–H groups in total. The molecule has 5 heteroatoms. The van der Waals surface area contributed by atoms with Gasteiger partial charge in [-0.3, -0.25) is 4.79 Å². The van der Waals surface area contributed by atoms with E-state index in [1.54, 1.807) is 0 Å². The van der Waals surface area contributed by atoms with Gasteiger partial charge in [-0.15, -0.1) is 0 Å². The molecule has 5 nitrogen and oxygen atoms in total. The molecule has 2 aliphatic rings. The van der Waals surface area contributed by atoms with Crippen molar-refractivity contribution in [1.29, 1.82) is 0 Å². The van der Waals surface area contributed by atoms with Crippen LogP contribution in [0.4, 0.5) is 4.79 Å². The zero-order chi connectivity index (χ0) is 16.1. The van der Waals surface area contributed by atoms with Crippen LogP contribution in [0.15, 0.2) is 30.3 Å². The summed E-state index contributed by atoms with van der Waals surface area (Å²) in [6.45, 7) is 1.06. The van der Waals surface area contributed by atoms with Crippen LogP contribution in [-0.2, 0) is 4.79 Å². The second-order valence-corrected chi connectivity index (χ2v) is 6.46. The predicted molar refractivity (Wildman–Crippen MR) is 88.9 cm³/mol. The van der Waals surface area contributed by atoms with Crippen LogP contribution in [0.3, 0.4) is 0 Å². The van der Waals surface area contributed by atoms with Crippen molar-refractivity contribution in [3.05, 3.63) is 35.9 Å². The number of carbonyl (C=O) groups excluding carboxylic acids is 2. The van der Waals surface area contributed by atoms with Gasteiger partial charge in [0.2, 0.25) is 5.91 Å². The largest absolute Gasteiger partial charge is 0.354 e. The Balaban J connectivity index is 1.75. The summed E-state index contributed by atoms with van der Waals surface area (Å²) in [5.74, 6) is 0.00631. The summed E-state index contributed by atoms with van der Waals surface area (Å²) in [5.41, 5.74) is 1.02. The van der Waals surface area contributed by atoms with Gasteiger partial charge in [-0.1, -0.05) is 49.6 Å². The van der Waals surface area contributed by atoms with Crippen molar-refractivity contribution >= 4 is 11.9 Å². The maximum Gasteiger partial charge on any atom is 0.318 e. The molecule has 1 saturated heterocycles. The van der Waals surface area contributed by atoms with Gasteiger partial charge in [0.1, 0.15) is 0 Å². The Labute approximate surface area is 137 Å². The first-order valence-corrected chi connectivity index (χ1v) is 8.63. The van der Waals surface area contributed by atoms with Gasteiger partial charge in [0.15, 0.2) is 0 Å². The van der Waals surface area contributed by atoms with Gasteiger partial charge in [-0.25, -0.2) is 4.79 Å². The lowest BCUT2D eigenvalue weighted by Gasteiger charge is -2.32. The fraction of sp³-hybridized carbons (Fsp3) is 0.556. The summed E-state index contributed by atoms with van der Waals surface area (Å²) in [6.07, 6.45) is 6.09. The van der Waals surface area contributed by atoms with E-state index < -0.39 is 0 Å². The number of nitrogens with one attached hydrogen (secondary N) is 2. The third-order valence-electron chi connectivity index (χ3n) is 4.81. The molecule has 1 aliphatic heterocycles. The number of hydrogen-bond acceptors (Lipinski definition) is 2. The molecule has 0 spiro atoms. The van der Waals surface area contributed by atoms with Crippen molar-refractivity contribution in [2.45, 2.75) is 50.6 Å². The molecular weight excluding hydrogens is 290 g/mol. The first-order chi connectivity index (χ1) is 11.2. The van der Waals surface area contributed by atoms with Gasteiger partial charge in [-0.05, 0) is 18.4 Å². The van der Waals surface area contributed by atoms with E-state index in [1.165, 1.54) is 19.3 Å². The van der Waals surface area contributed by atoms with Crippen molar-refractivity contribution < 1.29 is 9.59 Å². The van der Waals surface area contributed by atoms with E-state index in [1.807, 2.05) is 35.2 Å². The summed E-state index contributed by atoms with van der Waals surface area (Å²) in [5, 5.41) is 6.05. The van der Waals surface area contributed by atoms with E-state index in [-0.39, 0.29) is 24.0 Å². The Morgan fingerprint density at radius 3 is 2.61 bits per heavy atom. The summed E-state index contributed by atoms with van der Waals surface area (Å²) in [7, 11) is 0. The molecule has 124 valence electrons. The molecular formula is C18H25N3O2. The summed E-state index contributed by atoms with van der Waals surface area (Å²) >= 11 is 0. The zero-order valence-corrected chi connectivity index (χ0v) is 13.5. The van der Waals surface area contributed by atoms with E-state index in [0.29, 0.717) is 19.5 Å². The summed E-state index contributed by atoms with van der Waals surface area (Å²) in [6, 6.07) is 9.88. The quantitative estimate of drug-likeness (QED) is 0.881. The molecule has 3 rings (SSSR count). The van der Waals surface area contributed by atoms with Crippen molar-refractivity contribution in [3.63, 3.8) is 0 Å². The lowest BCUT2D eigenvalue weighted by atomic mass is 9.95. The summed E-state index contributed by atoms with van der Waals surface area (Å²) in [4.78, 5) is 26.6. The SMILES string of the molecule is O=C1C[C@H](c2ccccc2)N(C(=O)NC2CCCCC2)CCN1. The Hall–Kier alpha value is -2.04. The standard InChI is InChI=1S/C18H25N3O2/c22-17-13-16(14-7-3-1-4-8-14)21(12-11-19-17)18(23)20-15-9-5-2-6-10-15/h1,3-4,7-8,15-16H,2,5-6,9-13H2,(H,19,22)(H,20,23)/t16-/m1/s1. The van der Waals surface area contributed by atoms with Crippen LogP contribution < -0.4 is 10.6 Å². The second kappa shape index (κ2) is 7.49. The number of nitrogens with zero attached hydrogens (tertiary/aromatic N) is 1. The van der Waals surface area contributed by atoms with Gasteiger partial charge in [0, 0.05) is 19.1 Å². The van der Waals surface area contributed by atoms with E-state index in [2.05, 4.69) is 10.6 Å². The molecule has 3 amide bonds. The van der Waals surface area contributed by atoms with Crippen LogP contribution in [0.2, 0.25) is 0 Å². The number of rotatable bonds is 2. The normalized spacial score (nSPS) is 23.0. The molecule has 0 aromatic heterocycles. The summed E-state index contributed by atoms with van der Waals surface area (Å²) < 4.78 is 0. The fourth-order valence-corrected chi connectivity index (χ4v) is 3.55. The van der Waals surface area contributed by atoms with Crippen molar-refractivity contribution in [3.8, 4) is 0 Å². The zero-order valence-electron chi connectivity index (χ0n) is 13.5. The van der Waals surface area contributed by atoms with Crippen LogP contribution in [-0.4, -0.2) is 36.0 Å². The third kappa shape index (κ3) is 4.03. The molecule has 2 fully saturated rings. The van der Waals surface area contributed by atoms with Crippen molar-refractivity contribution in [2.24, 2.45) is 0 Å². The number of amides is 3. The highest BCUT2D eigenvalue weighted by molar-refractivity contribution is 5.80.